The number of rotatable bonds is 3. The zero-order valence-electron chi connectivity index (χ0n) is 16.5. The monoisotopic (exact) mass is 351 g/mol. The van der Waals surface area contributed by atoms with E-state index in [1.807, 2.05) is 0 Å². The van der Waals surface area contributed by atoms with Crippen molar-refractivity contribution in [1.82, 2.24) is 0 Å². The van der Waals surface area contributed by atoms with Crippen LogP contribution in [0.1, 0.15) is 51.8 Å². The van der Waals surface area contributed by atoms with Crippen LogP contribution in [0.5, 0.6) is 0 Å². The van der Waals surface area contributed by atoms with Gasteiger partial charge in [0.05, 0.1) is 5.69 Å². The van der Waals surface area contributed by atoms with Crippen LogP contribution in [0.3, 0.4) is 0 Å². The summed E-state index contributed by atoms with van der Waals surface area (Å²) in [6.45, 7) is 8.56. The maximum atomic E-state index is 5.05. The first-order valence-corrected chi connectivity index (χ1v) is 9.54. The molecule has 0 radical (unpaired) electrons. The number of nitrogens with zero attached hydrogens (tertiary/aromatic N) is 1. The zero-order valence-corrected chi connectivity index (χ0v) is 16.5. The highest BCUT2D eigenvalue weighted by atomic mass is 14.8. The molecule has 4 rings (SSSR count). The maximum absolute atomic E-state index is 5.05. The van der Waals surface area contributed by atoms with Crippen molar-refractivity contribution >= 4 is 17.5 Å². The summed E-state index contributed by atoms with van der Waals surface area (Å²) in [7, 11) is 0. The van der Waals surface area contributed by atoms with Gasteiger partial charge in [0.25, 0.3) is 0 Å². The van der Waals surface area contributed by atoms with Gasteiger partial charge in [-0.25, -0.2) is 0 Å². The third-order valence-corrected chi connectivity index (χ3v) is 5.40. The smallest absolute Gasteiger partial charge is 0.0691 e. The summed E-state index contributed by atoms with van der Waals surface area (Å²) in [5.74, 6) is 0.294. The van der Waals surface area contributed by atoms with E-state index in [0.29, 0.717) is 5.92 Å². The fraction of sp³-hybridized carbons (Fsp3) is 0.192. The Morgan fingerprint density at radius 3 is 2.19 bits per heavy atom. The van der Waals surface area contributed by atoms with Crippen molar-refractivity contribution in [1.29, 1.82) is 0 Å². The number of hydrogen-bond donors (Lipinski definition) is 0. The van der Waals surface area contributed by atoms with Crippen LogP contribution < -0.4 is 0 Å². The molecule has 3 aromatic carbocycles. The van der Waals surface area contributed by atoms with Crippen LogP contribution in [-0.4, -0.2) is 5.71 Å². The van der Waals surface area contributed by atoms with Gasteiger partial charge in [0.2, 0.25) is 0 Å². The maximum Gasteiger partial charge on any atom is 0.0691 e. The van der Waals surface area contributed by atoms with Gasteiger partial charge >= 0.3 is 0 Å². The molecule has 134 valence electrons. The van der Waals surface area contributed by atoms with Crippen LogP contribution in [0.4, 0.5) is 5.69 Å². The second kappa shape index (κ2) is 7.00. The molecular formula is C26H25N. The summed E-state index contributed by atoms with van der Waals surface area (Å²) in [6.07, 6.45) is 4.54. The number of allylic oxidation sites excluding steroid dienone is 1. The van der Waals surface area contributed by atoms with Crippen molar-refractivity contribution in [2.75, 3.05) is 0 Å². The first-order valence-electron chi connectivity index (χ1n) is 9.54. The highest BCUT2D eigenvalue weighted by Crippen LogP contribution is 2.37. The lowest BCUT2D eigenvalue weighted by molar-refractivity contribution is 1.04. The van der Waals surface area contributed by atoms with Gasteiger partial charge in [0.15, 0.2) is 0 Å². The number of fused-ring (bicyclic) bond motifs is 1. The second-order valence-corrected chi connectivity index (χ2v) is 7.50. The first-order chi connectivity index (χ1) is 13.0. The van der Waals surface area contributed by atoms with E-state index in [1.165, 1.54) is 38.9 Å². The van der Waals surface area contributed by atoms with E-state index in [4.69, 9.17) is 4.99 Å². The van der Waals surface area contributed by atoms with E-state index >= 15 is 0 Å². The van der Waals surface area contributed by atoms with Gasteiger partial charge in [-0.15, -0.1) is 0 Å². The Morgan fingerprint density at radius 2 is 1.44 bits per heavy atom. The molecule has 1 aliphatic carbocycles. The fourth-order valence-corrected chi connectivity index (χ4v) is 4.20. The lowest BCUT2D eigenvalue weighted by Crippen LogP contribution is -2.05. The first kappa shape index (κ1) is 17.5. The van der Waals surface area contributed by atoms with Gasteiger partial charge in [0, 0.05) is 11.6 Å². The quantitative estimate of drug-likeness (QED) is 0.455. The summed E-state index contributed by atoms with van der Waals surface area (Å²) in [5, 5.41) is 0. The van der Waals surface area contributed by atoms with Gasteiger partial charge in [-0.1, -0.05) is 78.4 Å². The van der Waals surface area contributed by atoms with Crippen molar-refractivity contribution < 1.29 is 0 Å². The zero-order chi connectivity index (χ0) is 19.0. The van der Waals surface area contributed by atoms with Crippen LogP contribution in [0, 0.1) is 20.8 Å². The Bertz CT molecular complexity index is 1050. The molecule has 1 nitrogen and oxygen atoms in total. The summed E-state index contributed by atoms with van der Waals surface area (Å²) in [6, 6.07) is 21.7. The Balaban J connectivity index is 1.80. The normalized spacial score (nSPS) is 15.9. The molecule has 0 fully saturated rings. The molecule has 0 aromatic heterocycles. The molecular weight excluding hydrogens is 326 g/mol. The number of benzene rings is 3. The second-order valence-electron chi connectivity index (χ2n) is 7.50. The van der Waals surface area contributed by atoms with Crippen LogP contribution in [-0.2, 0) is 0 Å². The Morgan fingerprint density at radius 1 is 0.815 bits per heavy atom. The number of hydrogen-bond acceptors (Lipinski definition) is 1. The van der Waals surface area contributed by atoms with E-state index in [1.54, 1.807) is 0 Å². The molecule has 0 spiro atoms. The number of aryl methyl sites for hydroxylation is 3. The van der Waals surface area contributed by atoms with Crippen molar-refractivity contribution in [3.05, 3.63) is 106 Å². The summed E-state index contributed by atoms with van der Waals surface area (Å²) < 4.78 is 0. The molecule has 1 heteroatoms. The van der Waals surface area contributed by atoms with Gasteiger partial charge in [-0.05, 0) is 61.1 Å². The topological polar surface area (TPSA) is 12.4 Å². The van der Waals surface area contributed by atoms with Crippen molar-refractivity contribution in [2.45, 2.75) is 33.6 Å². The Hall–Kier alpha value is -2.93. The molecule has 1 aliphatic rings. The van der Waals surface area contributed by atoms with Gasteiger partial charge in [-0.3, -0.25) is 4.99 Å². The van der Waals surface area contributed by atoms with Crippen LogP contribution in [0.2, 0.25) is 0 Å². The lowest BCUT2D eigenvalue weighted by atomic mass is 9.88. The standard InChI is InChI=1S/C26H25N/c1-17-15-18(2)26(19(3)16-17)27-20(4)22-10-7-8-12-24(22)25-14-13-21-9-5-6-11-23(21)25/h5-16,25H,1-4H3. The summed E-state index contributed by atoms with van der Waals surface area (Å²) in [5.41, 5.74) is 11.2. The minimum absolute atomic E-state index is 0.294. The summed E-state index contributed by atoms with van der Waals surface area (Å²) >= 11 is 0. The predicted molar refractivity (Wildman–Crippen MR) is 116 cm³/mol. The third-order valence-electron chi connectivity index (χ3n) is 5.40. The molecule has 0 N–H and O–H groups in total. The van der Waals surface area contributed by atoms with Crippen LogP contribution >= 0.6 is 0 Å². The van der Waals surface area contributed by atoms with Crippen LogP contribution in [0.15, 0.2) is 71.7 Å². The Labute approximate surface area is 162 Å². The largest absolute Gasteiger partial charge is 0.253 e. The molecule has 0 heterocycles. The SMILES string of the molecule is CC(=Nc1c(C)cc(C)cc1C)c1ccccc1C1C=Cc2ccccc21. The molecule has 3 aromatic rings. The number of aliphatic imine (C=N–C) groups is 1. The molecule has 1 unspecified atom stereocenters. The van der Waals surface area contributed by atoms with Gasteiger partial charge in [-0.2, -0.15) is 0 Å². The van der Waals surface area contributed by atoms with Crippen LogP contribution in [0.25, 0.3) is 6.08 Å². The molecule has 0 bridgehead atoms. The molecule has 1 atom stereocenters. The van der Waals surface area contributed by atoms with E-state index in [-0.39, 0.29) is 0 Å². The molecule has 0 saturated heterocycles. The van der Waals surface area contributed by atoms with E-state index < -0.39 is 0 Å². The van der Waals surface area contributed by atoms with Gasteiger partial charge < -0.3 is 0 Å². The summed E-state index contributed by atoms with van der Waals surface area (Å²) in [4.78, 5) is 5.05. The minimum Gasteiger partial charge on any atom is -0.253 e. The average Bonchev–Trinajstić information content (AvgIpc) is 3.08. The van der Waals surface area contributed by atoms with E-state index in [2.05, 4.69) is 101 Å². The molecule has 0 amide bonds. The fourth-order valence-electron chi connectivity index (χ4n) is 4.20. The highest BCUT2D eigenvalue weighted by Gasteiger charge is 2.21. The van der Waals surface area contributed by atoms with Crippen molar-refractivity contribution in [3.8, 4) is 0 Å². The van der Waals surface area contributed by atoms with E-state index in [9.17, 15) is 0 Å². The highest BCUT2D eigenvalue weighted by molar-refractivity contribution is 6.02. The van der Waals surface area contributed by atoms with Crippen molar-refractivity contribution in [3.63, 3.8) is 0 Å². The van der Waals surface area contributed by atoms with Gasteiger partial charge in [0.1, 0.15) is 0 Å². The minimum atomic E-state index is 0.294. The molecule has 27 heavy (non-hydrogen) atoms. The lowest BCUT2D eigenvalue weighted by Gasteiger charge is -2.17. The Kier molecular flexibility index (Phi) is 4.53. The average molecular weight is 351 g/mol. The molecule has 0 saturated carbocycles. The van der Waals surface area contributed by atoms with E-state index in [0.717, 1.165) is 11.4 Å². The van der Waals surface area contributed by atoms with Crippen molar-refractivity contribution in [2.24, 2.45) is 4.99 Å². The predicted octanol–water partition coefficient (Wildman–Crippen LogP) is 6.91. The third kappa shape index (κ3) is 3.26. The molecule has 0 aliphatic heterocycles.